The van der Waals surface area contributed by atoms with Crippen LogP contribution < -0.4 is 4.83 Å². The minimum Gasteiger partial charge on any atom is -0.200 e. The van der Waals surface area contributed by atoms with Gasteiger partial charge in [-0.25, -0.2) is 4.83 Å². The van der Waals surface area contributed by atoms with Gasteiger partial charge in [0.25, 0.3) is 10.0 Å². The van der Waals surface area contributed by atoms with Crippen LogP contribution in [-0.2, 0) is 10.0 Å². The molecule has 23 heavy (non-hydrogen) atoms. The Morgan fingerprint density at radius 3 is 2.35 bits per heavy atom. The van der Waals surface area contributed by atoms with Gasteiger partial charge in [-0.1, -0.05) is 54.1 Å². The molecule has 0 aliphatic carbocycles. The van der Waals surface area contributed by atoms with E-state index in [-0.39, 0.29) is 4.90 Å². The Bertz CT molecular complexity index is 967. The lowest BCUT2D eigenvalue weighted by molar-refractivity contribution is 0.585. The van der Waals surface area contributed by atoms with Crippen LogP contribution in [0.15, 0.2) is 76.7 Å². The fourth-order valence-corrected chi connectivity index (χ4v) is 3.06. The van der Waals surface area contributed by atoms with E-state index in [0.717, 1.165) is 16.3 Å². The fraction of sp³-hybridized carbons (Fsp3) is 0. The lowest BCUT2D eigenvalue weighted by Crippen LogP contribution is -2.18. The van der Waals surface area contributed by atoms with Crippen molar-refractivity contribution in [3.63, 3.8) is 0 Å². The molecule has 0 aromatic heterocycles. The van der Waals surface area contributed by atoms with Gasteiger partial charge in [-0.2, -0.15) is 13.5 Å². The van der Waals surface area contributed by atoms with Crippen LogP contribution in [0.4, 0.5) is 0 Å². The summed E-state index contributed by atoms with van der Waals surface area (Å²) in [5.41, 5.74) is 0.746. The minimum absolute atomic E-state index is 0.171. The van der Waals surface area contributed by atoms with Gasteiger partial charge in [0.2, 0.25) is 0 Å². The lowest BCUT2D eigenvalue weighted by atomic mass is 10.1. The quantitative estimate of drug-likeness (QED) is 0.578. The lowest BCUT2D eigenvalue weighted by Gasteiger charge is -2.05. The molecule has 0 fully saturated rings. The molecule has 3 rings (SSSR count). The summed E-state index contributed by atoms with van der Waals surface area (Å²) in [4.78, 5) is 2.38. The van der Waals surface area contributed by atoms with Crippen molar-refractivity contribution in [3.05, 3.63) is 77.3 Å². The molecule has 0 aliphatic heterocycles. The van der Waals surface area contributed by atoms with Gasteiger partial charge in [-0.05, 0) is 40.6 Å². The Balaban J connectivity index is 1.81. The maximum atomic E-state index is 12.3. The van der Waals surface area contributed by atoms with E-state index < -0.39 is 10.0 Å². The van der Waals surface area contributed by atoms with Crippen LogP contribution >= 0.6 is 11.6 Å². The predicted molar refractivity (Wildman–Crippen MR) is 93.3 cm³/mol. The number of rotatable bonds is 4. The van der Waals surface area contributed by atoms with Crippen LogP contribution in [0, 0.1) is 0 Å². The average molecular weight is 345 g/mol. The van der Waals surface area contributed by atoms with Crippen molar-refractivity contribution in [3.8, 4) is 0 Å². The number of fused-ring (bicyclic) bond motifs is 1. The molecule has 0 saturated heterocycles. The van der Waals surface area contributed by atoms with Crippen molar-refractivity contribution in [1.82, 2.24) is 4.83 Å². The normalized spacial score (nSPS) is 11.9. The number of hydrazone groups is 1. The summed E-state index contributed by atoms with van der Waals surface area (Å²) in [6.07, 6.45) is 1.43. The van der Waals surface area contributed by atoms with Crippen molar-refractivity contribution < 1.29 is 8.42 Å². The van der Waals surface area contributed by atoms with Crippen LogP contribution in [0.3, 0.4) is 0 Å². The molecule has 0 heterocycles. The topological polar surface area (TPSA) is 58.5 Å². The smallest absolute Gasteiger partial charge is 0.200 e. The van der Waals surface area contributed by atoms with Crippen LogP contribution in [0.2, 0.25) is 5.02 Å². The molecular weight excluding hydrogens is 332 g/mol. The molecule has 1 N–H and O–H groups in total. The van der Waals surface area contributed by atoms with E-state index in [0.29, 0.717) is 5.02 Å². The fourth-order valence-electron chi connectivity index (χ4n) is 2.11. The summed E-state index contributed by atoms with van der Waals surface area (Å²) >= 11 is 5.79. The van der Waals surface area contributed by atoms with E-state index in [4.69, 9.17) is 11.6 Å². The van der Waals surface area contributed by atoms with Gasteiger partial charge in [0.1, 0.15) is 0 Å². The zero-order valence-electron chi connectivity index (χ0n) is 12.0. The first-order valence-electron chi connectivity index (χ1n) is 6.84. The highest BCUT2D eigenvalue weighted by Gasteiger charge is 2.12. The summed E-state index contributed by atoms with van der Waals surface area (Å²) in [5, 5.41) is 6.24. The largest absolute Gasteiger partial charge is 0.276 e. The average Bonchev–Trinajstić information content (AvgIpc) is 2.56. The third kappa shape index (κ3) is 3.70. The SMILES string of the molecule is O=S(=O)(N/N=C/c1ccc(Cl)cc1)c1ccc2ccccc2c1. The van der Waals surface area contributed by atoms with Crippen molar-refractivity contribution in [2.45, 2.75) is 4.90 Å². The molecule has 3 aromatic rings. The van der Waals surface area contributed by atoms with Gasteiger partial charge < -0.3 is 0 Å². The number of sulfonamides is 1. The third-order valence-electron chi connectivity index (χ3n) is 3.29. The van der Waals surface area contributed by atoms with Crippen molar-refractivity contribution in [2.75, 3.05) is 0 Å². The molecule has 0 bridgehead atoms. The van der Waals surface area contributed by atoms with Gasteiger partial charge in [-0.3, -0.25) is 0 Å². The first-order valence-corrected chi connectivity index (χ1v) is 8.70. The Labute approximate surface area is 139 Å². The number of nitrogens with zero attached hydrogens (tertiary/aromatic N) is 1. The summed E-state index contributed by atoms with van der Waals surface area (Å²) in [6, 6.07) is 19.4. The van der Waals surface area contributed by atoms with Gasteiger partial charge in [0, 0.05) is 5.02 Å². The van der Waals surface area contributed by atoms with E-state index in [1.807, 2.05) is 24.3 Å². The van der Waals surface area contributed by atoms with Crippen LogP contribution in [0.5, 0.6) is 0 Å². The van der Waals surface area contributed by atoms with Gasteiger partial charge in [0.15, 0.2) is 0 Å². The highest BCUT2D eigenvalue weighted by atomic mass is 35.5. The van der Waals surface area contributed by atoms with E-state index in [2.05, 4.69) is 9.93 Å². The van der Waals surface area contributed by atoms with Crippen molar-refractivity contribution in [1.29, 1.82) is 0 Å². The van der Waals surface area contributed by atoms with Gasteiger partial charge in [0.05, 0.1) is 11.1 Å². The summed E-state index contributed by atoms with van der Waals surface area (Å²) in [7, 11) is -3.70. The standard InChI is InChI=1S/C17H13ClN2O2S/c18-16-8-5-13(6-9-16)12-19-20-23(21,22)17-10-7-14-3-1-2-4-15(14)11-17/h1-12,20H/b19-12+. The van der Waals surface area contributed by atoms with Gasteiger partial charge in [-0.15, -0.1) is 0 Å². The first-order chi connectivity index (χ1) is 11.0. The van der Waals surface area contributed by atoms with Crippen molar-refractivity contribution >= 4 is 38.6 Å². The minimum atomic E-state index is -3.70. The molecule has 3 aromatic carbocycles. The van der Waals surface area contributed by atoms with E-state index in [1.165, 1.54) is 6.21 Å². The molecule has 0 spiro atoms. The molecule has 0 saturated carbocycles. The Morgan fingerprint density at radius 2 is 1.61 bits per heavy atom. The zero-order chi connectivity index (χ0) is 16.3. The predicted octanol–water partition coefficient (Wildman–Crippen LogP) is 3.81. The number of hydrogen-bond donors (Lipinski definition) is 1. The Kier molecular flexibility index (Phi) is 4.32. The second kappa shape index (κ2) is 6.40. The third-order valence-corrected chi connectivity index (χ3v) is 4.76. The molecule has 0 aliphatic rings. The van der Waals surface area contributed by atoms with Crippen LogP contribution in [-0.4, -0.2) is 14.6 Å². The molecule has 0 amide bonds. The second-order valence-electron chi connectivity index (χ2n) is 4.91. The molecule has 116 valence electrons. The Morgan fingerprint density at radius 1 is 0.913 bits per heavy atom. The second-order valence-corrected chi connectivity index (χ2v) is 7.01. The Hall–Kier alpha value is -2.37. The maximum Gasteiger partial charge on any atom is 0.276 e. The first kappa shape index (κ1) is 15.5. The molecule has 4 nitrogen and oxygen atoms in total. The summed E-state index contributed by atoms with van der Waals surface area (Å²) in [6.45, 7) is 0. The number of benzene rings is 3. The number of nitrogens with one attached hydrogen (secondary N) is 1. The highest BCUT2D eigenvalue weighted by molar-refractivity contribution is 7.89. The molecular formula is C17H13ClN2O2S. The van der Waals surface area contributed by atoms with Crippen molar-refractivity contribution in [2.24, 2.45) is 5.10 Å². The number of hydrogen-bond acceptors (Lipinski definition) is 3. The summed E-state index contributed by atoms with van der Waals surface area (Å²) in [5.74, 6) is 0. The number of halogens is 1. The molecule has 0 unspecified atom stereocenters. The summed E-state index contributed by atoms with van der Waals surface area (Å²) < 4.78 is 24.5. The molecule has 0 radical (unpaired) electrons. The van der Waals surface area contributed by atoms with E-state index in [9.17, 15) is 8.42 Å². The van der Waals surface area contributed by atoms with Crippen LogP contribution in [0.25, 0.3) is 10.8 Å². The zero-order valence-corrected chi connectivity index (χ0v) is 13.6. The monoisotopic (exact) mass is 344 g/mol. The van der Waals surface area contributed by atoms with E-state index in [1.54, 1.807) is 42.5 Å². The van der Waals surface area contributed by atoms with Crippen LogP contribution in [0.1, 0.15) is 5.56 Å². The maximum absolute atomic E-state index is 12.3. The van der Waals surface area contributed by atoms with Gasteiger partial charge >= 0.3 is 0 Å². The van der Waals surface area contributed by atoms with E-state index >= 15 is 0 Å². The highest BCUT2D eigenvalue weighted by Crippen LogP contribution is 2.18. The molecule has 6 heteroatoms. The molecule has 0 atom stereocenters.